The minimum atomic E-state index is 0.968. The molecule has 0 unspecified atom stereocenters. The molecule has 0 bridgehead atoms. The van der Waals surface area contributed by atoms with Crippen molar-refractivity contribution in [3.8, 4) is 0 Å². The summed E-state index contributed by atoms with van der Waals surface area (Å²) >= 11 is 1.78. The molecule has 0 atom stereocenters. The quantitative estimate of drug-likeness (QED) is 0.178. The van der Waals surface area contributed by atoms with Crippen molar-refractivity contribution < 1.29 is 4.42 Å². The Labute approximate surface area is 434 Å². The van der Waals surface area contributed by atoms with Gasteiger partial charge in [-0.1, -0.05) is 220 Å². The van der Waals surface area contributed by atoms with Crippen LogP contribution in [0.15, 0.2) is 192 Å². The summed E-state index contributed by atoms with van der Waals surface area (Å²) in [5.41, 5.74) is 7.89. The zero-order valence-corrected chi connectivity index (χ0v) is 49.8. The molecule has 5 heteroatoms. The van der Waals surface area contributed by atoms with Crippen molar-refractivity contribution in [3.05, 3.63) is 226 Å². The molecule has 0 saturated heterocycles. The molecule has 1 N–H and O–H groups in total. The fourth-order valence-corrected chi connectivity index (χ4v) is 4.35. The Morgan fingerprint density at radius 2 is 1.00 bits per heavy atom. The van der Waals surface area contributed by atoms with Gasteiger partial charge in [0.05, 0.1) is 6.26 Å². The average Bonchev–Trinajstić information content (AvgIpc) is 4.32. The lowest BCUT2D eigenvalue weighted by Crippen LogP contribution is -1.73. The normalized spacial score (nSPS) is 8.32. The molecule has 0 amide bonds. The van der Waals surface area contributed by atoms with Crippen LogP contribution in [0.5, 0.6) is 0 Å². The average molecular weight is 967 g/mol. The summed E-state index contributed by atoms with van der Waals surface area (Å²) in [6.45, 7) is 48.5. The molecule has 7 aromatic rings. The van der Waals surface area contributed by atoms with E-state index >= 15 is 0 Å². The van der Waals surface area contributed by atoms with Gasteiger partial charge in [-0.25, -0.2) is 0 Å². The molecule has 0 radical (unpaired) electrons. The van der Waals surface area contributed by atoms with Crippen molar-refractivity contribution in [2.75, 3.05) is 0 Å². The van der Waals surface area contributed by atoms with Gasteiger partial charge in [-0.3, -0.25) is 9.97 Å². The van der Waals surface area contributed by atoms with E-state index in [1.54, 1.807) is 36.2 Å². The molecule has 5 aromatic heterocycles. The number of aromatic nitrogens is 3. The van der Waals surface area contributed by atoms with Crippen LogP contribution >= 0.6 is 11.3 Å². The van der Waals surface area contributed by atoms with E-state index in [-0.39, 0.29) is 0 Å². The number of thiophene rings is 1. The first-order valence-corrected chi connectivity index (χ1v) is 26.8. The lowest BCUT2D eigenvalue weighted by Gasteiger charge is -1.89. The van der Waals surface area contributed by atoms with E-state index in [1.165, 1.54) is 44.8 Å². The zero-order valence-electron chi connectivity index (χ0n) is 48.9. The molecular weight excluding hydrogens is 859 g/mol. The summed E-state index contributed by atoms with van der Waals surface area (Å²) in [6, 6.07) is 40.6. The second-order valence-electron chi connectivity index (χ2n) is 12.0. The van der Waals surface area contributed by atoms with E-state index in [4.69, 9.17) is 4.42 Å². The van der Waals surface area contributed by atoms with E-state index in [1.807, 2.05) is 224 Å². The van der Waals surface area contributed by atoms with Crippen LogP contribution < -0.4 is 0 Å². The smallest absolute Gasteiger partial charge is 0.100 e. The Kier molecular flexibility index (Phi) is 89.5. The van der Waals surface area contributed by atoms with Crippen LogP contribution in [0.25, 0.3) is 0 Å². The second kappa shape index (κ2) is 76.7. The van der Waals surface area contributed by atoms with E-state index < -0.39 is 0 Å². The molecule has 4 nitrogen and oxygen atoms in total. The number of rotatable bonds is 1. The highest BCUT2D eigenvalue weighted by molar-refractivity contribution is 7.09. The number of hydrogen-bond donors (Lipinski definition) is 1. The summed E-state index contributed by atoms with van der Waals surface area (Å²) in [6.07, 6.45) is 19.5. The van der Waals surface area contributed by atoms with Crippen molar-refractivity contribution in [1.29, 1.82) is 0 Å². The van der Waals surface area contributed by atoms with Crippen LogP contribution in [0.3, 0.4) is 0 Å². The first-order chi connectivity index (χ1) is 33.7. The van der Waals surface area contributed by atoms with Gasteiger partial charge in [0.2, 0.25) is 0 Å². The van der Waals surface area contributed by atoms with Crippen LogP contribution in [0.4, 0.5) is 0 Å². The highest BCUT2D eigenvalue weighted by Crippen LogP contribution is 2.07. The fraction of sp³-hybridized carbons (Fsp3) is 0.406. The first-order valence-electron chi connectivity index (χ1n) is 25.9. The van der Waals surface area contributed by atoms with Gasteiger partial charge in [0.1, 0.15) is 5.76 Å². The number of hydrogen-bond acceptors (Lipinski definition) is 4. The Hall–Kier alpha value is -5.52. The van der Waals surface area contributed by atoms with E-state index in [9.17, 15) is 0 Å². The van der Waals surface area contributed by atoms with Gasteiger partial charge in [-0.05, 0) is 132 Å². The maximum absolute atomic E-state index is 4.83. The molecule has 5 heterocycles. The van der Waals surface area contributed by atoms with Gasteiger partial charge in [-0.15, -0.1) is 11.3 Å². The molecule has 0 fully saturated rings. The van der Waals surface area contributed by atoms with Crippen LogP contribution in [-0.4, -0.2) is 15.0 Å². The zero-order chi connectivity index (χ0) is 54.8. The number of pyridine rings is 2. The van der Waals surface area contributed by atoms with Crippen LogP contribution in [0.2, 0.25) is 0 Å². The van der Waals surface area contributed by atoms with Crippen molar-refractivity contribution in [3.63, 3.8) is 0 Å². The van der Waals surface area contributed by atoms with Crippen molar-refractivity contribution in [1.82, 2.24) is 15.0 Å². The number of nitrogens with one attached hydrogen (secondary N) is 1. The summed E-state index contributed by atoms with van der Waals surface area (Å²) in [5.74, 6) is 0.968. The number of allylic oxidation sites excluding steroid dienone is 4. The highest BCUT2D eigenvalue weighted by atomic mass is 32.1. The molecule has 69 heavy (non-hydrogen) atoms. The van der Waals surface area contributed by atoms with Gasteiger partial charge in [0.25, 0.3) is 0 Å². The van der Waals surface area contributed by atoms with Gasteiger partial charge < -0.3 is 9.40 Å². The van der Waals surface area contributed by atoms with E-state index in [2.05, 4.69) is 115 Å². The Morgan fingerprint density at radius 3 is 1.17 bits per heavy atom. The Bertz CT molecular complexity index is 1630. The third-order valence-corrected chi connectivity index (χ3v) is 7.69. The highest BCUT2D eigenvalue weighted by Gasteiger charge is 1.86. The van der Waals surface area contributed by atoms with Crippen LogP contribution in [0, 0.1) is 41.5 Å². The second-order valence-corrected chi connectivity index (χ2v) is 13.1. The molecule has 1 aliphatic carbocycles. The lowest BCUT2D eigenvalue weighted by molar-refractivity contribution is 0.534. The molecular formula is C64H107N3OS. The SMILES string of the molecule is CC.CC.CC.CC.CC.CC.CC.CC.CC1=CC=CC1.CCc1ccccc1.Cc1ccc[nH]1.Cc1ccccc1.Cc1cccnc1.Cc1ccco1.Cc1cccs1.Cc1ccncc1. The number of aryl methyl sites for hydroxylation is 7. The predicted octanol–water partition coefficient (Wildman–Crippen LogP) is 22.1. The third kappa shape index (κ3) is 71.6. The minimum Gasteiger partial charge on any atom is -0.470 e. The molecule has 0 saturated carbocycles. The summed E-state index contributed by atoms with van der Waals surface area (Å²) in [4.78, 5) is 12.1. The molecule has 0 spiro atoms. The Balaban J connectivity index is -0.0000000986. The molecule has 1 aliphatic rings. The fourth-order valence-electron chi connectivity index (χ4n) is 3.82. The first kappa shape index (κ1) is 80.5. The van der Waals surface area contributed by atoms with Crippen LogP contribution in [-0.2, 0) is 6.42 Å². The molecule has 390 valence electrons. The summed E-state index contributed by atoms with van der Waals surface area (Å²) < 4.78 is 4.83. The number of benzene rings is 2. The summed E-state index contributed by atoms with van der Waals surface area (Å²) in [5, 5.41) is 2.08. The molecule has 0 aliphatic heterocycles. The third-order valence-electron chi connectivity index (χ3n) is 6.88. The maximum Gasteiger partial charge on any atom is 0.100 e. The van der Waals surface area contributed by atoms with Crippen molar-refractivity contribution in [2.45, 2.75) is 179 Å². The van der Waals surface area contributed by atoms with Gasteiger partial charge >= 0.3 is 0 Å². The van der Waals surface area contributed by atoms with Crippen molar-refractivity contribution >= 4 is 11.3 Å². The van der Waals surface area contributed by atoms with Crippen molar-refractivity contribution in [2.24, 2.45) is 0 Å². The van der Waals surface area contributed by atoms with E-state index in [0.29, 0.717) is 0 Å². The number of H-pyrrole nitrogens is 1. The standard InChI is InChI=1S/C8H10.C7H8.2C6H7N.C6H8.C5H7N.C5H6O.C5H6S.8C2H6/c1-2-8-6-4-3-5-7-8;1-7-5-3-2-4-6-7;1-6-2-4-7-5-3-6;1-6-3-2-4-7-5-6;1-6-4-2-3-5-6;3*1-5-3-2-4-6-5;8*1-2/h3-7H,2H2,1H3;2-6H,1H3;2*2-5H,1H3;2-4H,5H2,1H3;2-4,6H,1H3;2*2-4H,1H3;8*1-2H3. The number of nitrogens with zero attached hydrogens (tertiary/aromatic N) is 2. The number of aromatic amines is 1. The Morgan fingerprint density at radius 1 is 0.493 bits per heavy atom. The molecule has 2 aromatic carbocycles. The lowest BCUT2D eigenvalue weighted by atomic mass is 10.2. The summed E-state index contributed by atoms with van der Waals surface area (Å²) in [7, 11) is 0. The van der Waals surface area contributed by atoms with E-state index in [0.717, 1.165) is 12.2 Å². The van der Waals surface area contributed by atoms with Gasteiger partial charge in [0.15, 0.2) is 0 Å². The predicted molar refractivity (Wildman–Crippen MR) is 321 cm³/mol. The largest absolute Gasteiger partial charge is 0.470 e. The monoisotopic (exact) mass is 966 g/mol. The minimum absolute atomic E-state index is 0.968. The van der Waals surface area contributed by atoms with Gasteiger partial charge in [0, 0.05) is 41.6 Å². The van der Waals surface area contributed by atoms with Gasteiger partial charge in [-0.2, -0.15) is 0 Å². The topological polar surface area (TPSA) is 54.7 Å². The number of furan rings is 1. The van der Waals surface area contributed by atoms with Crippen LogP contribution in [0.1, 0.15) is 170 Å². The molecule has 8 rings (SSSR count). The maximum atomic E-state index is 4.83.